The van der Waals surface area contributed by atoms with E-state index < -0.39 is 64.7 Å². The molecule has 0 spiro atoms. The number of H-pyrrole nitrogens is 1. The number of ether oxygens (including phenoxy) is 1. The second kappa shape index (κ2) is 16.2. The molecule has 1 saturated heterocycles. The molecule has 2 unspecified atom stereocenters. The van der Waals surface area contributed by atoms with Crippen molar-refractivity contribution in [1.82, 2.24) is 39.0 Å². The summed E-state index contributed by atoms with van der Waals surface area (Å²) < 4.78 is 70.7. The fourth-order valence-electron chi connectivity index (χ4n) is 4.86. The number of imidazole rings is 2. The molecule has 1 amide bonds. The van der Waals surface area contributed by atoms with E-state index in [4.69, 9.17) is 29.4 Å². The second-order valence-electron chi connectivity index (χ2n) is 10.9. The Labute approximate surface area is 282 Å². The highest BCUT2D eigenvalue weighted by Crippen LogP contribution is 2.51. The van der Waals surface area contributed by atoms with E-state index in [1.165, 1.54) is 12.5 Å². The number of aryl methyl sites for hydroxylation is 1. The summed E-state index contributed by atoms with van der Waals surface area (Å²) in [6, 6.07) is 0. The maximum absolute atomic E-state index is 15.8. The van der Waals surface area contributed by atoms with Gasteiger partial charge in [-0.2, -0.15) is 4.98 Å². The summed E-state index contributed by atoms with van der Waals surface area (Å²) in [5.41, 5.74) is -0.215. The van der Waals surface area contributed by atoms with Crippen LogP contribution in [0.4, 0.5) is 10.3 Å². The number of hydrogen-bond acceptors (Lipinski definition) is 15. The van der Waals surface area contributed by atoms with Gasteiger partial charge in [-0.15, -0.1) is 9.42 Å². The Bertz CT molecular complexity index is 2000. The van der Waals surface area contributed by atoms with E-state index in [1.54, 1.807) is 18.4 Å². The normalized spacial score (nSPS) is 20.7. The molecule has 21 nitrogen and oxygen atoms in total. The zero-order chi connectivity index (χ0) is 36.0. The van der Waals surface area contributed by atoms with Gasteiger partial charge in [-0.05, 0) is 6.42 Å². The first-order valence-corrected chi connectivity index (χ1v) is 17.6. The number of phosphoric acid groups is 1. The van der Waals surface area contributed by atoms with Crippen LogP contribution < -0.4 is 10.9 Å². The van der Waals surface area contributed by atoms with Crippen LogP contribution in [-0.2, 0) is 49.9 Å². The van der Waals surface area contributed by atoms with Crippen molar-refractivity contribution in [1.29, 1.82) is 0 Å². The van der Waals surface area contributed by atoms with E-state index in [0.717, 1.165) is 10.9 Å². The number of rotatable bonds is 17. The monoisotopic (exact) mass is 741 g/mol. The Morgan fingerprint density at radius 2 is 2.04 bits per heavy atom. The average molecular weight is 742 g/mol. The lowest BCUT2D eigenvalue weighted by atomic mass is 10.1. The van der Waals surface area contributed by atoms with Crippen LogP contribution in [-0.4, -0.2) is 99.7 Å². The fourth-order valence-corrected chi connectivity index (χ4v) is 6.50. The predicted molar refractivity (Wildman–Crippen MR) is 168 cm³/mol. The number of amides is 1. The van der Waals surface area contributed by atoms with E-state index in [1.807, 2.05) is 0 Å². The van der Waals surface area contributed by atoms with Crippen molar-refractivity contribution in [2.75, 3.05) is 31.7 Å². The van der Waals surface area contributed by atoms with Crippen LogP contribution in [0.15, 0.2) is 23.6 Å². The highest BCUT2D eigenvalue weighted by molar-refractivity contribution is 7.48. The fraction of sp³-hybridized carbons (Fsp3) is 0.538. The van der Waals surface area contributed by atoms with Crippen LogP contribution >= 0.6 is 16.1 Å². The third-order valence-electron chi connectivity index (χ3n) is 7.20. The molecule has 0 saturated carbocycles. The molecule has 0 radical (unpaired) electrons. The number of aliphatic hydroxyl groups excluding tert-OH is 1. The van der Waals surface area contributed by atoms with Gasteiger partial charge in [0.1, 0.15) is 37.0 Å². The number of phosphoric ester groups is 1. The number of anilines is 1. The number of aliphatic hydroxyl groups is 1. The number of hydrogen-bond donors (Lipinski definition) is 4. The standard InChI is InChI=1S/C26H31FN10O11P2/c1-14(2)23(39)34-26-33-22-19(24(40)35-26)31-13-37(22)25-20(48-49(41)42)18(27)16(47-25)11-46-50(43,45-8-5-28-3)44-7-4-6-36-17(10-38)32-15-9-29-12-30-21(15)36/h9,12-14,16,18,20,25,38H,4-8,10-11H2,1-2H3,(H2-,33,34,35,39,40,41,42)/p+1/t16-,18-,20-,25-,50?/m1/s1. The van der Waals surface area contributed by atoms with Crippen LogP contribution in [0.2, 0.25) is 0 Å². The molecule has 4 aromatic heterocycles. The van der Waals surface area contributed by atoms with Crippen molar-refractivity contribution in [3.05, 3.63) is 46.4 Å². The van der Waals surface area contributed by atoms with Gasteiger partial charge in [0.2, 0.25) is 18.4 Å². The molecule has 0 aromatic carbocycles. The lowest BCUT2D eigenvalue weighted by molar-refractivity contribution is -0.118. The number of fused-ring (bicyclic) bond motifs is 2. The molecule has 0 aliphatic carbocycles. The molecule has 0 bridgehead atoms. The molecule has 50 heavy (non-hydrogen) atoms. The first-order valence-electron chi connectivity index (χ1n) is 15.0. The van der Waals surface area contributed by atoms with Crippen molar-refractivity contribution in [2.24, 2.45) is 5.92 Å². The van der Waals surface area contributed by atoms with E-state index >= 15 is 4.39 Å². The summed E-state index contributed by atoms with van der Waals surface area (Å²) in [6.07, 6.45) is -3.00. The van der Waals surface area contributed by atoms with Crippen molar-refractivity contribution in [3.63, 3.8) is 0 Å². The number of nitrogens with zero attached hydrogens (tertiary/aromatic N) is 8. The minimum absolute atomic E-state index is 0.175. The molecule has 4 N–H and O–H groups in total. The number of aromatic nitrogens is 8. The molecule has 268 valence electrons. The van der Waals surface area contributed by atoms with E-state index in [-0.39, 0.29) is 56.4 Å². The quantitative estimate of drug-likeness (QED) is 0.0683. The number of halogens is 1. The zero-order valence-corrected chi connectivity index (χ0v) is 28.3. The molecular weight excluding hydrogens is 709 g/mol. The molecule has 5 rings (SSSR count). The summed E-state index contributed by atoms with van der Waals surface area (Å²) in [5.74, 6) is -0.832. The van der Waals surface area contributed by atoms with Gasteiger partial charge < -0.3 is 19.3 Å². The second-order valence-corrected chi connectivity index (χ2v) is 13.3. The van der Waals surface area contributed by atoms with Crippen molar-refractivity contribution in [2.45, 2.75) is 58.0 Å². The van der Waals surface area contributed by atoms with Crippen LogP contribution in [0, 0.1) is 12.5 Å². The number of carbonyl (C=O) groups excluding carboxylic acids is 1. The molecule has 1 aliphatic rings. The number of carbonyl (C=O) groups is 1. The summed E-state index contributed by atoms with van der Waals surface area (Å²) >= 11 is 0. The maximum atomic E-state index is 15.8. The topological polar surface area (TPSA) is 261 Å². The van der Waals surface area contributed by atoms with Gasteiger partial charge >= 0.3 is 16.1 Å². The lowest BCUT2D eigenvalue weighted by Gasteiger charge is -2.20. The first kappa shape index (κ1) is 37.1. The van der Waals surface area contributed by atoms with E-state index in [0.29, 0.717) is 17.0 Å². The number of alkyl halides is 1. The van der Waals surface area contributed by atoms with Gasteiger partial charge in [0, 0.05) is 17.0 Å². The van der Waals surface area contributed by atoms with Gasteiger partial charge in [-0.1, -0.05) is 13.8 Å². The van der Waals surface area contributed by atoms with Gasteiger partial charge in [0.15, 0.2) is 35.3 Å². The maximum Gasteiger partial charge on any atom is 0.695 e. The summed E-state index contributed by atoms with van der Waals surface area (Å²) in [4.78, 5) is 60.4. The molecule has 4 aromatic rings. The van der Waals surface area contributed by atoms with Crippen LogP contribution in [0.1, 0.15) is 32.3 Å². The van der Waals surface area contributed by atoms with Crippen LogP contribution in [0.5, 0.6) is 0 Å². The Morgan fingerprint density at radius 3 is 2.76 bits per heavy atom. The largest absolute Gasteiger partial charge is 0.695 e. The Hall–Kier alpha value is -4.16. The highest BCUT2D eigenvalue weighted by Gasteiger charge is 2.52. The minimum Gasteiger partial charge on any atom is -0.388 e. The van der Waals surface area contributed by atoms with Gasteiger partial charge in [-0.25, -0.2) is 35.5 Å². The molecule has 6 atom stereocenters. The third-order valence-corrected chi connectivity index (χ3v) is 9.09. The Morgan fingerprint density at radius 1 is 1.26 bits per heavy atom. The minimum atomic E-state index is -4.46. The molecular formula is C26H32FN10O11P2+. The van der Waals surface area contributed by atoms with Crippen molar-refractivity contribution in [3.8, 4) is 0 Å². The van der Waals surface area contributed by atoms with Crippen molar-refractivity contribution >= 4 is 50.3 Å². The third kappa shape index (κ3) is 8.40. The van der Waals surface area contributed by atoms with Gasteiger partial charge in [0.25, 0.3) is 5.56 Å². The van der Waals surface area contributed by atoms with Gasteiger partial charge in [-0.3, -0.25) is 38.0 Å². The summed E-state index contributed by atoms with van der Waals surface area (Å²) in [7, 11) is -7.83. The predicted octanol–water partition coefficient (Wildman–Crippen LogP) is 1.78. The van der Waals surface area contributed by atoms with Crippen LogP contribution in [0.25, 0.3) is 27.2 Å². The highest BCUT2D eigenvalue weighted by atomic mass is 31.2. The molecule has 5 heterocycles. The smallest absolute Gasteiger partial charge is 0.388 e. The average Bonchev–Trinajstić information content (AvgIpc) is 3.75. The zero-order valence-electron chi connectivity index (χ0n) is 26.5. The van der Waals surface area contributed by atoms with E-state index in [9.17, 15) is 28.7 Å². The summed E-state index contributed by atoms with van der Waals surface area (Å²) in [5, 5.41) is 12.1. The number of nitrogens with one attached hydrogen (secondary N) is 2. The van der Waals surface area contributed by atoms with E-state index in [2.05, 4.69) is 40.1 Å². The van der Waals surface area contributed by atoms with Crippen molar-refractivity contribution < 1.29 is 51.1 Å². The molecule has 1 fully saturated rings. The SMILES string of the molecule is [C-]#[N+]CCOP(=O)(OCCCn1c(CO)nc2cncnc21)OC[C@H]1O[C@@H](n2cnc3c(=O)[nH]c(NC(=O)C(C)C)nc32)[C@H](O[P+](=O)O)[C@@H]1F. The molecule has 1 aliphatic heterocycles. The Kier molecular flexibility index (Phi) is 12.1. The first-order chi connectivity index (χ1) is 23.9. The molecule has 24 heteroatoms. The number of aromatic amines is 1. The van der Waals surface area contributed by atoms with Crippen LogP contribution in [0.3, 0.4) is 0 Å². The lowest BCUT2D eigenvalue weighted by Crippen LogP contribution is -2.31. The van der Waals surface area contributed by atoms with Gasteiger partial charge in [0.05, 0.1) is 25.7 Å². The summed E-state index contributed by atoms with van der Waals surface area (Å²) in [6.45, 7) is 8.54. The Balaban J connectivity index is 1.31.